The van der Waals surface area contributed by atoms with Crippen molar-refractivity contribution >= 4 is 23.5 Å². The molecule has 0 aliphatic rings. The summed E-state index contributed by atoms with van der Waals surface area (Å²) in [6, 6.07) is 15.7. The van der Waals surface area contributed by atoms with Gasteiger partial charge in [-0.3, -0.25) is 14.4 Å². The molecule has 0 unspecified atom stereocenters. The molecule has 0 spiro atoms. The molecule has 0 aliphatic carbocycles. The van der Waals surface area contributed by atoms with E-state index in [-0.39, 0.29) is 17.8 Å². The van der Waals surface area contributed by atoms with E-state index in [1.54, 1.807) is 13.8 Å². The highest BCUT2D eigenvalue weighted by atomic mass is 16.5. The van der Waals surface area contributed by atoms with Crippen molar-refractivity contribution in [3.05, 3.63) is 65.2 Å². The van der Waals surface area contributed by atoms with Gasteiger partial charge < -0.3 is 15.4 Å². The molecule has 0 bridgehead atoms. The Labute approximate surface area is 286 Å². The summed E-state index contributed by atoms with van der Waals surface area (Å²) in [6.07, 6.45) is 23.1. The molecule has 2 aromatic carbocycles. The maximum Gasteiger partial charge on any atom is 0.310 e. The fraction of sp³-hybridized carbons (Fsp3) is 0.634. The Bertz CT molecular complexity index is 1140. The van der Waals surface area contributed by atoms with Crippen molar-refractivity contribution in [2.24, 2.45) is 5.41 Å². The van der Waals surface area contributed by atoms with Crippen LogP contribution < -0.4 is 10.6 Å². The number of anilines is 1. The topological polar surface area (TPSA) is 84.5 Å². The van der Waals surface area contributed by atoms with E-state index in [4.69, 9.17) is 4.74 Å². The van der Waals surface area contributed by atoms with Crippen LogP contribution in [-0.2, 0) is 32.0 Å². The van der Waals surface area contributed by atoms with Crippen LogP contribution in [-0.4, -0.2) is 30.9 Å². The van der Waals surface area contributed by atoms with E-state index in [9.17, 15) is 14.4 Å². The third-order valence-corrected chi connectivity index (χ3v) is 8.92. The Balaban J connectivity index is 1.54. The lowest BCUT2D eigenvalue weighted by atomic mass is 9.91. The van der Waals surface area contributed by atoms with Gasteiger partial charge in [0.2, 0.25) is 11.8 Å². The molecule has 47 heavy (non-hydrogen) atoms. The largest absolute Gasteiger partial charge is 0.465 e. The zero-order chi connectivity index (χ0) is 34.2. The fourth-order valence-electron chi connectivity index (χ4n) is 5.62. The van der Waals surface area contributed by atoms with Crippen LogP contribution >= 0.6 is 0 Å². The van der Waals surface area contributed by atoms with Crippen LogP contribution in [0.5, 0.6) is 0 Å². The van der Waals surface area contributed by atoms with Crippen molar-refractivity contribution in [1.82, 2.24) is 5.32 Å². The summed E-state index contributed by atoms with van der Waals surface area (Å²) in [5, 5.41) is 5.65. The Morgan fingerprint density at radius 2 is 1.02 bits per heavy atom. The molecule has 6 heteroatoms. The Kier molecular flexibility index (Phi) is 20.5. The van der Waals surface area contributed by atoms with Crippen LogP contribution in [0.15, 0.2) is 48.5 Å². The normalized spacial score (nSPS) is 11.3. The fourth-order valence-corrected chi connectivity index (χ4v) is 5.62. The first-order valence-electron chi connectivity index (χ1n) is 18.7. The summed E-state index contributed by atoms with van der Waals surface area (Å²) in [4.78, 5) is 37.4. The highest BCUT2D eigenvalue weighted by Crippen LogP contribution is 2.21. The standard InChI is InChI=1S/C41H64N2O4/c1-5-7-8-9-10-11-12-13-14-15-16-17-18-19-20-21-31-47-38(44)33-36-24-22-34(23-25-36)32-35-26-28-37(29-27-35)43-40(46)41(3,4)39(45)42-30-6-2/h22-29H,5-21,30-33H2,1-4H3,(H,42,45)(H,43,46). The van der Waals surface area contributed by atoms with Gasteiger partial charge in [0.1, 0.15) is 5.41 Å². The summed E-state index contributed by atoms with van der Waals surface area (Å²) in [5.74, 6) is -0.777. The molecule has 0 radical (unpaired) electrons. The average molecular weight is 649 g/mol. The molecule has 0 saturated carbocycles. The van der Waals surface area contributed by atoms with Crippen LogP contribution in [0.1, 0.15) is 154 Å². The van der Waals surface area contributed by atoms with Gasteiger partial charge in [-0.05, 0) is 61.9 Å². The van der Waals surface area contributed by atoms with Gasteiger partial charge in [0.05, 0.1) is 13.0 Å². The monoisotopic (exact) mass is 648 g/mol. The number of ether oxygens (including phenoxy) is 1. The van der Waals surface area contributed by atoms with Crippen molar-refractivity contribution in [2.75, 3.05) is 18.5 Å². The van der Waals surface area contributed by atoms with Crippen molar-refractivity contribution in [3.8, 4) is 0 Å². The van der Waals surface area contributed by atoms with Crippen LogP contribution in [0, 0.1) is 5.41 Å². The van der Waals surface area contributed by atoms with E-state index in [1.807, 2.05) is 55.5 Å². The van der Waals surface area contributed by atoms with Crippen LogP contribution in [0.25, 0.3) is 0 Å². The predicted octanol–water partition coefficient (Wildman–Crippen LogP) is 10.1. The molecule has 0 atom stereocenters. The first-order valence-corrected chi connectivity index (χ1v) is 18.7. The van der Waals surface area contributed by atoms with Gasteiger partial charge in [0.15, 0.2) is 0 Å². The van der Waals surface area contributed by atoms with Crippen LogP contribution in [0.2, 0.25) is 0 Å². The van der Waals surface area contributed by atoms with Gasteiger partial charge in [0, 0.05) is 12.2 Å². The minimum atomic E-state index is -1.16. The number of benzene rings is 2. The third kappa shape index (κ3) is 17.5. The van der Waals surface area contributed by atoms with Gasteiger partial charge in [0.25, 0.3) is 0 Å². The number of carbonyl (C=O) groups is 3. The van der Waals surface area contributed by atoms with Gasteiger partial charge in [-0.15, -0.1) is 0 Å². The SMILES string of the molecule is CCCCCCCCCCCCCCCCCCOC(=O)Cc1ccc(Cc2ccc(NC(=O)C(C)(C)C(=O)NCCC)cc2)cc1. The molecule has 2 N–H and O–H groups in total. The molecule has 6 nitrogen and oxygen atoms in total. The summed E-state index contributed by atoms with van der Waals surface area (Å²) in [6.45, 7) is 8.58. The van der Waals surface area contributed by atoms with E-state index in [0.717, 1.165) is 42.4 Å². The molecule has 0 fully saturated rings. The lowest BCUT2D eigenvalue weighted by Crippen LogP contribution is -2.45. The number of rotatable bonds is 26. The van der Waals surface area contributed by atoms with Crippen molar-refractivity contribution in [1.29, 1.82) is 0 Å². The molecular formula is C41H64N2O4. The number of nitrogens with one attached hydrogen (secondary N) is 2. The van der Waals surface area contributed by atoms with Crippen molar-refractivity contribution in [3.63, 3.8) is 0 Å². The smallest absolute Gasteiger partial charge is 0.310 e. The molecular weight excluding hydrogens is 584 g/mol. The Hall–Kier alpha value is -3.15. The maximum absolute atomic E-state index is 12.7. The molecule has 262 valence electrons. The third-order valence-electron chi connectivity index (χ3n) is 8.92. The number of hydrogen-bond donors (Lipinski definition) is 2. The second kappa shape index (κ2) is 24.1. The van der Waals surface area contributed by atoms with E-state index in [2.05, 4.69) is 17.6 Å². The Morgan fingerprint density at radius 3 is 1.51 bits per heavy atom. The second-order valence-electron chi connectivity index (χ2n) is 13.7. The minimum Gasteiger partial charge on any atom is -0.465 e. The summed E-state index contributed by atoms with van der Waals surface area (Å²) in [5.41, 5.74) is 2.70. The quantitative estimate of drug-likeness (QED) is 0.0604. The van der Waals surface area contributed by atoms with E-state index >= 15 is 0 Å². The van der Waals surface area contributed by atoms with Gasteiger partial charge in [-0.2, -0.15) is 0 Å². The molecule has 0 saturated heterocycles. The van der Waals surface area contributed by atoms with Crippen LogP contribution in [0.4, 0.5) is 5.69 Å². The highest BCUT2D eigenvalue weighted by Gasteiger charge is 2.35. The molecule has 0 heterocycles. The lowest BCUT2D eigenvalue weighted by molar-refractivity contribution is -0.143. The van der Waals surface area contributed by atoms with E-state index in [1.165, 1.54) is 89.9 Å². The number of unbranched alkanes of at least 4 members (excludes halogenated alkanes) is 15. The molecule has 2 aromatic rings. The number of hydrogen-bond acceptors (Lipinski definition) is 4. The highest BCUT2D eigenvalue weighted by molar-refractivity contribution is 6.09. The molecule has 2 amide bonds. The van der Waals surface area contributed by atoms with E-state index < -0.39 is 5.41 Å². The number of carbonyl (C=O) groups excluding carboxylic acids is 3. The predicted molar refractivity (Wildman–Crippen MR) is 196 cm³/mol. The lowest BCUT2D eigenvalue weighted by Gasteiger charge is -2.22. The summed E-state index contributed by atoms with van der Waals surface area (Å²) < 4.78 is 5.49. The second-order valence-corrected chi connectivity index (χ2v) is 13.7. The van der Waals surface area contributed by atoms with E-state index in [0.29, 0.717) is 25.3 Å². The van der Waals surface area contributed by atoms with Gasteiger partial charge in [-0.1, -0.05) is 147 Å². The summed E-state index contributed by atoms with van der Waals surface area (Å²) in [7, 11) is 0. The first-order chi connectivity index (χ1) is 22.8. The zero-order valence-corrected chi connectivity index (χ0v) is 30.1. The molecule has 0 aromatic heterocycles. The minimum absolute atomic E-state index is 0.164. The molecule has 2 rings (SSSR count). The van der Waals surface area contributed by atoms with Gasteiger partial charge >= 0.3 is 5.97 Å². The maximum atomic E-state index is 12.7. The first kappa shape index (κ1) is 40.0. The number of esters is 1. The number of amides is 2. The van der Waals surface area contributed by atoms with Gasteiger partial charge in [-0.25, -0.2) is 0 Å². The van der Waals surface area contributed by atoms with Crippen LogP contribution in [0.3, 0.4) is 0 Å². The average Bonchev–Trinajstić information content (AvgIpc) is 3.06. The Morgan fingerprint density at radius 1 is 0.574 bits per heavy atom. The van der Waals surface area contributed by atoms with Crippen molar-refractivity contribution < 1.29 is 19.1 Å². The van der Waals surface area contributed by atoms with Crippen molar-refractivity contribution in [2.45, 2.75) is 150 Å². The summed E-state index contributed by atoms with van der Waals surface area (Å²) >= 11 is 0. The molecule has 0 aliphatic heterocycles. The zero-order valence-electron chi connectivity index (χ0n) is 30.1.